The molecule has 0 aliphatic rings. The largest absolute Gasteiger partial charge is 0.382 e. The second kappa shape index (κ2) is 11.3. The number of anilines is 1. The number of hydrogen-bond donors (Lipinski definition) is 2. The van der Waals surface area contributed by atoms with Gasteiger partial charge in [-0.05, 0) is 61.7 Å². The number of nitrogens with zero attached hydrogens (tertiary/aromatic N) is 2. The Hall–Kier alpha value is -3.64. The van der Waals surface area contributed by atoms with Crippen molar-refractivity contribution in [3.05, 3.63) is 90.3 Å². The van der Waals surface area contributed by atoms with Gasteiger partial charge in [0.15, 0.2) is 0 Å². The maximum Gasteiger partial charge on any atom is 0.319 e. The van der Waals surface area contributed by atoms with Crippen LogP contribution in [0, 0.1) is 0 Å². The molecule has 1 heterocycles. The van der Waals surface area contributed by atoms with Gasteiger partial charge < -0.3 is 15.4 Å². The lowest BCUT2D eigenvalue weighted by molar-refractivity contribution is 0.145. The number of fused-ring (bicyclic) bond motifs is 1. The summed E-state index contributed by atoms with van der Waals surface area (Å²) in [5.74, 6) is 1.02. The average Bonchev–Trinajstić information content (AvgIpc) is 3.22. The highest BCUT2D eigenvalue weighted by molar-refractivity contribution is 5.89. The summed E-state index contributed by atoms with van der Waals surface area (Å²) in [6, 6.07) is 26.3. The molecular formula is C27H30N4O2. The van der Waals surface area contributed by atoms with E-state index in [1.807, 2.05) is 55.5 Å². The van der Waals surface area contributed by atoms with Crippen LogP contribution in [0.5, 0.6) is 0 Å². The molecule has 0 fully saturated rings. The molecule has 4 aromatic rings. The zero-order chi connectivity index (χ0) is 22.9. The number of imidazole rings is 1. The summed E-state index contributed by atoms with van der Waals surface area (Å²) in [7, 11) is 0. The molecule has 0 radical (unpaired) electrons. The number of nitrogens with one attached hydrogen (secondary N) is 2. The predicted molar refractivity (Wildman–Crippen MR) is 133 cm³/mol. The molecule has 0 aliphatic carbocycles. The van der Waals surface area contributed by atoms with Gasteiger partial charge in [-0.25, -0.2) is 9.78 Å². The van der Waals surface area contributed by atoms with Crippen LogP contribution in [0.3, 0.4) is 0 Å². The summed E-state index contributed by atoms with van der Waals surface area (Å²) in [5.41, 5.74) is 5.14. The minimum absolute atomic E-state index is 0.200. The predicted octanol–water partition coefficient (Wildman–Crippen LogP) is 5.36. The number of ether oxygens (including phenoxy) is 1. The molecule has 0 bridgehead atoms. The van der Waals surface area contributed by atoms with Crippen LogP contribution in [0.2, 0.25) is 0 Å². The van der Waals surface area contributed by atoms with Gasteiger partial charge in [0.25, 0.3) is 0 Å². The summed E-state index contributed by atoms with van der Waals surface area (Å²) in [6.07, 6.45) is 2.40. The monoisotopic (exact) mass is 442 g/mol. The molecular weight excluding hydrogens is 412 g/mol. The lowest BCUT2D eigenvalue weighted by atomic mass is 10.1. The molecule has 1 aromatic heterocycles. The van der Waals surface area contributed by atoms with Gasteiger partial charge in [-0.2, -0.15) is 0 Å². The standard InChI is InChI=1S/C27H30N4O2/c1-2-33-19-9-18-28-27(32)29-22-11-8-10-21(20-22)16-17-26-30-24-14-6-7-15-25(24)31(26)23-12-4-3-5-13-23/h3-8,10-15,20H,2,9,16-19H2,1H3,(H2,28,29,32). The third-order valence-corrected chi connectivity index (χ3v) is 5.42. The van der Waals surface area contributed by atoms with E-state index in [1.165, 1.54) is 0 Å². The summed E-state index contributed by atoms with van der Waals surface area (Å²) in [6.45, 7) is 3.90. The normalized spacial score (nSPS) is 10.9. The minimum Gasteiger partial charge on any atom is -0.382 e. The Bertz CT molecular complexity index is 1190. The molecule has 6 nitrogen and oxygen atoms in total. The second-order valence-electron chi connectivity index (χ2n) is 7.82. The van der Waals surface area contributed by atoms with Crippen molar-refractivity contribution >= 4 is 22.8 Å². The summed E-state index contributed by atoms with van der Waals surface area (Å²) in [5, 5.41) is 5.78. The topological polar surface area (TPSA) is 68.2 Å². The molecule has 0 spiro atoms. The van der Waals surface area contributed by atoms with Crippen molar-refractivity contribution in [3.8, 4) is 5.69 Å². The second-order valence-corrected chi connectivity index (χ2v) is 7.82. The molecule has 0 saturated heterocycles. The van der Waals surface area contributed by atoms with E-state index in [-0.39, 0.29) is 6.03 Å². The fraction of sp³-hybridized carbons (Fsp3) is 0.259. The number of rotatable bonds is 10. The van der Waals surface area contributed by atoms with Crippen LogP contribution in [0.4, 0.5) is 10.5 Å². The van der Waals surface area contributed by atoms with Crippen LogP contribution in [-0.4, -0.2) is 35.3 Å². The first kappa shape index (κ1) is 22.6. The number of aryl methyl sites for hydroxylation is 2. The number of urea groups is 1. The van der Waals surface area contributed by atoms with Crippen molar-refractivity contribution in [2.24, 2.45) is 0 Å². The molecule has 2 amide bonds. The smallest absolute Gasteiger partial charge is 0.319 e. The number of amides is 2. The van der Waals surface area contributed by atoms with E-state index in [0.29, 0.717) is 19.8 Å². The molecule has 0 unspecified atom stereocenters. The van der Waals surface area contributed by atoms with Crippen molar-refractivity contribution < 1.29 is 9.53 Å². The summed E-state index contributed by atoms with van der Waals surface area (Å²) >= 11 is 0. The van der Waals surface area contributed by atoms with E-state index in [4.69, 9.17) is 9.72 Å². The van der Waals surface area contributed by atoms with Crippen molar-refractivity contribution in [2.75, 3.05) is 25.1 Å². The fourth-order valence-corrected chi connectivity index (χ4v) is 3.87. The van der Waals surface area contributed by atoms with Crippen LogP contribution in [0.15, 0.2) is 78.9 Å². The van der Waals surface area contributed by atoms with E-state index in [1.54, 1.807) is 0 Å². The number of carbonyl (C=O) groups excluding carboxylic acids is 1. The van der Waals surface area contributed by atoms with Gasteiger partial charge in [-0.1, -0.05) is 42.5 Å². The fourth-order valence-electron chi connectivity index (χ4n) is 3.87. The third kappa shape index (κ3) is 5.99. The number of aromatic nitrogens is 2. The number of carbonyl (C=O) groups is 1. The Balaban J connectivity index is 1.42. The van der Waals surface area contributed by atoms with Gasteiger partial charge in [0.05, 0.1) is 11.0 Å². The number of hydrogen-bond acceptors (Lipinski definition) is 3. The van der Waals surface area contributed by atoms with Crippen molar-refractivity contribution in [1.29, 1.82) is 0 Å². The van der Waals surface area contributed by atoms with Gasteiger partial charge in [0.1, 0.15) is 5.82 Å². The lowest BCUT2D eigenvalue weighted by Gasteiger charge is -2.11. The minimum atomic E-state index is -0.200. The van der Waals surface area contributed by atoms with Gasteiger partial charge in [0, 0.05) is 37.6 Å². The maximum atomic E-state index is 12.2. The molecule has 170 valence electrons. The molecule has 0 aliphatic heterocycles. The molecule has 2 N–H and O–H groups in total. The highest BCUT2D eigenvalue weighted by Crippen LogP contribution is 2.23. The van der Waals surface area contributed by atoms with E-state index in [2.05, 4.69) is 45.5 Å². The van der Waals surface area contributed by atoms with Crippen LogP contribution < -0.4 is 10.6 Å². The zero-order valence-corrected chi connectivity index (χ0v) is 19.0. The maximum absolute atomic E-state index is 12.2. The van der Waals surface area contributed by atoms with E-state index < -0.39 is 0 Å². The van der Waals surface area contributed by atoms with Gasteiger partial charge in [-0.15, -0.1) is 0 Å². The Morgan fingerprint density at radius 2 is 1.79 bits per heavy atom. The van der Waals surface area contributed by atoms with E-state index in [9.17, 15) is 4.79 Å². The summed E-state index contributed by atoms with van der Waals surface area (Å²) in [4.78, 5) is 17.1. The molecule has 4 rings (SSSR count). The average molecular weight is 443 g/mol. The summed E-state index contributed by atoms with van der Waals surface area (Å²) < 4.78 is 7.52. The first-order valence-electron chi connectivity index (χ1n) is 11.5. The number of para-hydroxylation sites is 3. The van der Waals surface area contributed by atoms with Gasteiger partial charge >= 0.3 is 6.03 Å². The molecule has 6 heteroatoms. The van der Waals surface area contributed by atoms with E-state index in [0.717, 1.165) is 53.1 Å². The number of benzene rings is 3. The molecule has 0 atom stereocenters. The van der Waals surface area contributed by atoms with E-state index >= 15 is 0 Å². The van der Waals surface area contributed by atoms with Crippen LogP contribution in [-0.2, 0) is 17.6 Å². The Kier molecular flexibility index (Phi) is 7.72. The third-order valence-electron chi connectivity index (χ3n) is 5.42. The Morgan fingerprint density at radius 3 is 2.64 bits per heavy atom. The highest BCUT2D eigenvalue weighted by Gasteiger charge is 2.12. The first-order valence-corrected chi connectivity index (χ1v) is 11.5. The van der Waals surface area contributed by atoms with Crippen molar-refractivity contribution in [2.45, 2.75) is 26.2 Å². The SMILES string of the molecule is CCOCCCNC(=O)Nc1cccc(CCc2nc3ccccc3n2-c2ccccc2)c1. The van der Waals surface area contributed by atoms with Crippen LogP contribution in [0.1, 0.15) is 24.7 Å². The highest BCUT2D eigenvalue weighted by atomic mass is 16.5. The molecule has 3 aromatic carbocycles. The Labute approximate surface area is 194 Å². The van der Waals surface area contributed by atoms with Gasteiger partial charge in [0.2, 0.25) is 0 Å². The van der Waals surface area contributed by atoms with Crippen LogP contribution in [0.25, 0.3) is 16.7 Å². The van der Waals surface area contributed by atoms with Crippen molar-refractivity contribution in [1.82, 2.24) is 14.9 Å². The van der Waals surface area contributed by atoms with Crippen molar-refractivity contribution in [3.63, 3.8) is 0 Å². The zero-order valence-electron chi connectivity index (χ0n) is 19.0. The Morgan fingerprint density at radius 1 is 0.970 bits per heavy atom. The first-order chi connectivity index (χ1) is 16.2. The molecule has 0 saturated carbocycles. The van der Waals surface area contributed by atoms with Crippen LogP contribution >= 0.6 is 0 Å². The van der Waals surface area contributed by atoms with Gasteiger partial charge in [-0.3, -0.25) is 4.57 Å². The quantitative estimate of drug-likeness (QED) is 0.325. The lowest BCUT2D eigenvalue weighted by Crippen LogP contribution is -2.30. The molecule has 33 heavy (non-hydrogen) atoms.